The summed E-state index contributed by atoms with van der Waals surface area (Å²) in [5.41, 5.74) is 0.999. The highest BCUT2D eigenvalue weighted by Crippen LogP contribution is 2.30. The smallest absolute Gasteiger partial charge is 0.222 e. The fourth-order valence-corrected chi connectivity index (χ4v) is 3.16. The molecule has 1 aromatic carbocycles. The van der Waals surface area contributed by atoms with Crippen LogP contribution in [0.1, 0.15) is 44.1 Å². The summed E-state index contributed by atoms with van der Waals surface area (Å²) in [6, 6.07) is 7.79. The molecule has 1 amide bonds. The van der Waals surface area contributed by atoms with Crippen LogP contribution >= 0.6 is 0 Å². The molecule has 1 aromatic rings. The minimum atomic E-state index is -0.0108. The minimum absolute atomic E-state index is 0.0108. The molecule has 0 spiro atoms. The first-order valence-corrected chi connectivity index (χ1v) is 7.77. The molecule has 1 aliphatic carbocycles. The molecule has 0 saturated heterocycles. The van der Waals surface area contributed by atoms with Crippen molar-refractivity contribution in [1.29, 1.82) is 0 Å². The Morgan fingerprint density at radius 2 is 1.95 bits per heavy atom. The Morgan fingerprint density at radius 1 is 1.24 bits per heavy atom. The Balaban J connectivity index is 1.89. The summed E-state index contributed by atoms with van der Waals surface area (Å²) in [5.74, 6) is 0.927. The number of hydrogen-bond donors (Lipinski definition) is 2. The van der Waals surface area contributed by atoms with E-state index in [2.05, 4.69) is 10.6 Å². The molecule has 0 radical (unpaired) electrons. The molecule has 0 atom stereocenters. The molecule has 2 rings (SSSR count). The van der Waals surface area contributed by atoms with Crippen molar-refractivity contribution in [3.8, 4) is 5.75 Å². The quantitative estimate of drug-likeness (QED) is 0.847. The second-order valence-corrected chi connectivity index (χ2v) is 5.86. The van der Waals surface area contributed by atoms with Gasteiger partial charge in [0.1, 0.15) is 5.75 Å². The number of ether oxygens (including phenoxy) is 1. The van der Waals surface area contributed by atoms with E-state index in [1.165, 1.54) is 19.3 Å². The Kier molecular flexibility index (Phi) is 5.62. The molecule has 21 heavy (non-hydrogen) atoms. The van der Waals surface area contributed by atoms with Crippen LogP contribution in [-0.4, -0.2) is 25.6 Å². The Bertz CT molecular complexity index is 468. The average Bonchev–Trinajstić information content (AvgIpc) is 2.54. The third-order valence-corrected chi connectivity index (χ3v) is 4.51. The number of nitrogens with one attached hydrogen (secondary N) is 2. The van der Waals surface area contributed by atoms with Crippen molar-refractivity contribution in [2.24, 2.45) is 0 Å². The molecule has 1 saturated carbocycles. The molecule has 116 valence electrons. The molecular weight excluding hydrogens is 264 g/mol. The summed E-state index contributed by atoms with van der Waals surface area (Å²) in [6.45, 7) is 0.517. The van der Waals surface area contributed by atoms with Gasteiger partial charge in [-0.05, 0) is 26.0 Å². The van der Waals surface area contributed by atoms with E-state index in [9.17, 15) is 4.79 Å². The molecule has 0 aliphatic heterocycles. The molecule has 4 heteroatoms. The second kappa shape index (κ2) is 7.46. The van der Waals surface area contributed by atoms with Crippen LogP contribution in [0.15, 0.2) is 24.3 Å². The number of methoxy groups -OCH3 is 1. The van der Waals surface area contributed by atoms with Gasteiger partial charge in [0.15, 0.2) is 0 Å². The lowest BCUT2D eigenvalue weighted by Crippen LogP contribution is -2.48. The number of rotatable bonds is 6. The molecule has 0 heterocycles. The summed E-state index contributed by atoms with van der Waals surface area (Å²) in [4.78, 5) is 12.3. The van der Waals surface area contributed by atoms with Crippen LogP contribution in [0, 0.1) is 0 Å². The van der Waals surface area contributed by atoms with E-state index in [4.69, 9.17) is 4.74 Å². The largest absolute Gasteiger partial charge is 0.496 e. The predicted molar refractivity (Wildman–Crippen MR) is 84.3 cm³/mol. The molecule has 2 N–H and O–H groups in total. The first-order chi connectivity index (χ1) is 10.2. The van der Waals surface area contributed by atoms with Gasteiger partial charge in [-0.3, -0.25) is 4.79 Å². The maximum Gasteiger partial charge on any atom is 0.222 e. The van der Waals surface area contributed by atoms with Gasteiger partial charge >= 0.3 is 0 Å². The maximum absolute atomic E-state index is 12.3. The average molecular weight is 290 g/mol. The van der Waals surface area contributed by atoms with Crippen molar-refractivity contribution in [2.45, 2.75) is 50.6 Å². The highest BCUT2D eigenvalue weighted by molar-refractivity contribution is 5.77. The van der Waals surface area contributed by atoms with Gasteiger partial charge in [-0.25, -0.2) is 0 Å². The van der Waals surface area contributed by atoms with Gasteiger partial charge in [-0.15, -0.1) is 0 Å². The molecule has 0 unspecified atom stereocenters. The summed E-state index contributed by atoms with van der Waals surface area (Å²) in [5, 5.41) is 6.40. The lowest BCUT2D eigenvalue weighted by Gasteiger charge is -2.36. The minimum Gasteiger partial charge on any atom is -0.496 e. The highest BCUT2D eigenvalue weighted by atomic mass is 16.5. The summed E-state index contributed by atoms with van der Waals surface area (Å²) in [7, 11) is 3.62. The van der Waals surface area contributed by atoms with Crippen molar-refractivity contribution < 1.29 is 9.53 Å². The maximum atomic E-state index is 12.3. The number of carbonyl (C=O) groups is 1. The Hall–Kier alpha value is -1.55. The van der Waals surface area contributed by atoms with Crippen LogP contribution in [0.3, 0.4) is 0 Å². The zero-order valence-electron chi connectivity index (χ0n) is 13.1. The molecule has 1 aliphatic rings. The van der Waals surface area contributed by atoms with E-state index in [1.54, 1.807) is 7.11 Å². The van der Waals surface area contributed by atoms with Crippen molar-refractivity contribution in [3.05, 3.63) is 29.8 Å². The SMILES string of the molecule is CNC1(CC(=O)NCc2ccccc2OC)CCCCC1. The third-order valence-electron chi connectivity index (χ3n) is 4.51. The number of carbonyl (C=O) groups excluding carboxylic acids is 1. The first-order valence-electron chi connectivity index (χ1n) is 7.77. The van der Waals surface area contributed by atoms with Crippen molar-refractivity contribution >= 4 is 5.91 Å². The summed E-state index contributed by atoms with van der Waals surface area (Å²) >= 11 is 0. The lowest BCUT2D eigenvalue weighted by atomic mass is 9.79. The number of benzene rings is 1. The Morgan fingerprint density at radius 3 is 2.62 bits per heavy atom. The topological polar surface area (TPSA) is 50.4 Å². The van der Waals surface area contributed by atoms with Gasteiger partial charge in [-0.1, -0.05) is 37.5 Å². The molecule has 4 nitrogen and oxygen atoms in total. The van der Waals surface area contributed by atoms with E-state index < -0.39 is 0 Å². The van der Waals surface area contributed by atoms with Gasteiger partial charge in [-0.2, -0.15) is 0 Å². The first kappa shape index (κ1) is 15.8. The molecular formula is C17H26N2O2. The van der Waals surface area contributed by atoms with Gasteiger partial charge in [0.2, 0.25) is 5.91 Å². The van der Waals surface area contributed by atoms with E-state index >= 15 is 0 Å². The van der Waals surface area contributed by atoms with E-state index in [0.717, 1.165) is 24.2 Å². The molecule has 1 fully saturated rings. The lowest BCUT2D eigenvalue weighted by molar-refractivity contribution is -0.123. The van der Waals surface area contributed by atoms with E-state index in [1.807, 2.05) is 31.3 Å². The monoisotopic (exact) mass is 290 g/mol. The van der Waals surface area contributed by atoms with E-state index in [-0.39, 0.29) is 11.4 Å². The van der Waals surface area contributed by atoms with Gasteiger partial charge in [0, 0.05) is 24.1 Å². The van der Waals surface area contributed by atoms with Gasteiger partial charge < -0.3 is 15.4 Å². The number of hydrogen-bond acceptors (Lipinski definition) is 3. The van der Waals surface area contributed by atoms with Crippen LogP contribution in [0.2, 0.25) is 0 Å². The normalized spacial score (nSPS) is 17.2. The summed E-state index contributed by atoms with van der Waals surface area (Å²) < 4.78 is 5.30. The van der Waals surface area contributed by atoms with Gasteiger partial charge in [0.25, 0.3) is 0 Å². The predicted octanol–water partition coefficient (Wildman–Crippen LogP) is 2.62. The zero-order chi connectivity index (χ0) is 15.1. The van der Waals surface area contributed by atoms with Crippen LogP contribution in [-0.2, 0) is 11.3 Å². The molecule has 0 bridgehead atoms. The Labute approximate surface area is 127 Å². The standard InChI is InChI=1S/C17H26N2O2/c1-18-17(10-6-3-7-11-17)12-16(20)19-13-14-8-4-5-9-15(14)21-2/h4-5,8-9,18H,3,6-7,10-13H2,1-2H3,(H,19,20). The fourth-order valence-electron chi connectivity index (χ4n) is 3.16. The molecule has 0 aromatic heterocycles. The summed E-state index contributed by atoms with van der Waals surface area (Å²) in [6.07, 6.45) is 6.43. The van der Waals surface area contributed by atoms with Gasteiger partial charge in [0.05, 0.1) is 7.11 Å². The van der Waals surface area contributed by atoms with Crippen LogP contribution in [0.25, 0.3) is 0 Å². The van der Waals surface area contributed by atoms with Crippen LogP contribution in [0.4, 0.5) is 0 Å². The van der Waals surface area contributed by atoms with Crippen LogP contribution in [0.5, 0.6) is 5.75 Å². The number of para-hydroxylation sites is 1. The van der Waals surface area contributed by atoms with Crippen LogP contribution < -0.4 is 15.4 Å². The number of amides is 1. The second-order valence-electron chi connectivity index (χ2n) is 5.86. The fraction of sp³-hybridized carbons (Fsp3) is 0.588. The third kappa shape index (κ3) is 4.21. The zero-order valence-corrected chi connectivity index (χ0v) is 13.1. The van der Waals surface area contributed by atoms with E-state index in [0.29, 0.717) is 13.0 Å². The van der Waals surface area contributed by atoms with Crippen molar-refractivity contribution in [2.75, 3.05) is 14.2 Å². The van der Waals surface area contributed by atoms with Crippen molar-refractivity contribution in [1.82, 2.24) is 10.6 Å². The highest BCUT2D eigenvalue weighted by Gasteiger charge is 2.32. The van der Waals surface area contributed by atoms with Crippen molar-refractivity contribution in [3.63, 3.8) is 0 Å².